The zero-order valence-corrected chi connectivity index (χ0v) is 19.3. The molecule has 0 spiro atoms. The first kappa shape index (κ1) is 19.5. The van der Waals surface area contributed by atoms with Crippen molar-refractivity contribution in [2.45, 2.75) is 35.0 Å². The van der Waals surface area contributed by atoms with E-state index in [9.17, 15) is 8.42 Å². The molecule has 164 valence electrons. The molecular formula is C29H24O3S. The molecule has 0 aromatic heterocycles. The Balaban J connectivity index is 1.67. The molecular weight excluding hydrogens is 428 g/mol. The first-order chi connectivity index (χ1) is 15.8. The summed E-state index contributed by atoms with van der Waals surface area (Å²) in [6.45, 7) is 3.75. The van der Waals surface area contributed by atoms with Crippen LogP contribution >= 0.6 is 0 Å². The molecule has 0 radical (unpaired) electrons. The summed E-state index contributed by atoms with van der Waals surface area (Å²) in [6.07, 6.45) is 0. The number of ether oxygens (including phenoxy) is 1. The molecule has 2 saturated heterocycles. The van der Waals surface area contributed by atoms with E-state index in [0.29, 0.717) is 0 Å². The van der Waals surface area contributed by atoms with E-state index in [0.717, 1.165) is 33.0 Å². The van der Waals surface area contributed by atoms with Gasteiger partial charge in [-0.15, -0.1) is 0 Å². The van der Waals surface area contributed by atoms with E-state index >= 15 is 0 Å². The van der Waals surface area contributed by atoms with Crippen LogP contribution in [0, 0.1) is 5.92 Å². The number of fused-ring (bicyclic) bond motifs is 9. The van der Waals surface area contributed by atoms with E-state index in [2.05, 4.69) is 36.4 Å². The van der Waals surface area contributed by atoms with Gasteiger partial charge >= 0.3 is 0 Å². The van der Waals surface area contributed by atoms with Crippen LogP contribution in [-0.4, -0.2) is 18.4 Å². The molecule has 0 aliphatic carbocycles. The minimum atomic E-state index is -3.44. The van der Waals surface area contributed by atoms with Crippen LogP contribution in [0.5, 0.6) is 0 Å². The van der Waals surface area contributed by atoms with Crippen molar-refractivity contribution in [3.63, 3.8) is 0 Å². The van der Waals surface area contributed by atoms with E-state index in [-0.39, 0.29) is 5.92 Å². The fraction of sp³-hybridized carbons (Fsp3) is 0.241. The lowest BCUT2D eigenvalue weighted by atomic mass is 9.61. The minimum Gasteiger partial charge on any atom is -0.348 e. The Labute approximate surface area is 194 Å². The lowest BCUT2D eigenvalue weighted by Gasteiger charge is -2.56. The van der Waals surface area contributed by atoms with Crippen molar-refractivity contribution < 1.29 is 13.2 Å². The summed E-state index contributed by atoms with van der Waals surface area (Å²) in [7, 11) is -3.44. The summed E-state index contributed by atoms with van der Waals surface area (Å²) < 4.78 is 34.1. The van der Waals surface area contributed by atoms with E-state index in [1.54, 1.807) is 0 Å². The largest absolute Gasteiger partial charge is 0.348 e. The summed E-state index contributed by atoms with van der Waals surface area (Å²) in [4.78, 5) is 0. The maximum atomic E-state index is 13.9. The molecule has 2 bridgehead atoms. The van der Waals surface area contributed by atoms with Crippen LogP contribution in [0.15, 0.2) is 97.1 Å². The first-order valence-corrected chi connectivity index (χ1v) is 13.0. The Morgan fingerprint density at radius 1 is 0.667 bits per heavy atom. The SMILES string of the molecule is CC1(C)[C@@H]2[C@@H]([C@@]3(c4ccccc4)O[C@@]2(c2ccccc2)c2cc4ccccc4cc23)S1(=O)=O. The average molecular weight is 453 g/mol. The summed E-state index contributed by atoms with van der Waals surface area (Å²) >= 11 is 0. The monoisotopic (exact) mass is 452 g/mol. The van der Waals surface area contributed by atoms with Gasteiger partial charge in [0.1, 0.15) is 16.5 Å². The summed E-state index contributed by atoms with van der Waals surface area (Å²) in [5.41, 5.74) is 2.16. The average Bonchev–Trinajstić information content (AvgIpc) is 3.33. The van der Waals surface area contributed by atoms with Crippen molar-refractivity contribution in [1.82, 2.24) is 0 Å². The number of hydrogen-bond donors (Lipinski definition) is 0. The predicted octanol–water partition coefficient (Wildman–Crippen LogP) is 5.56. The fourth-order valence-electron chi connectivity index (χ4n) is 6.94. The van der Waals surface area contributed by atoms with E-state index in [1.807, 2.05) is 74.5 Å². The maximum Gasteiger partial charge on any atom is 0.162 e. The summed E-state index contributed by atoms with van der Waals surface area (Å²) in [5.74, 6) is -0.189. The molecule has 3 nitrogen and oxygen atoms in total. The van der Waals surface area contributed by atoms with Crippen LogP contribution in [0.25, 0.3) is 10.8 Å². The molecule has 4 heteroatoms. The molecule has 0 unspecified atom stereocenters. The number of sulfone groups is 1. The third-order valence-corrected chi connectivity index (χ3v) is 11.4. The van der Waals surface area contributed by atoms with Crippen molar-refractivity contribution in [1.29, 1.82) is 0 Å². The third kappa shape index (κ3) is 2.00. The van der Waals surface area contributed by atoms with E-state index in [4.69, 9.17) is 4.74 Å². The Morgan fingerprint density at radius 3 is 1.67 bits per heavy atom. The lowest BCUT2D eigenvalue weighted by Crippen LogP contribution is -2.70. The third-order valence-electron chi connectivity index (χ3n) is 8.37. The molecule has 4 atom stereocenters. The Kier molecular flexibility index (Phi) is 3.51. The zero-order chi connectivity index (χ0) is 22.6. The Hall–Kier alpha value is -2.95. The highest BCUT2D eigenvalue weighted by Gasteiger charge is 2.85. The topological polar surface area (TPSA) is 43.4 Å². The molecule has 33 heavy (non-hydrogen) atoms. The van der Waals surface area contributed by atoms with Crippen molar-refractivity contribution in [2.24, 2.45) is 5.92 Å². The summed E-state index contributed by atoms with van der Waals surface area (Å²) in [6, 6.07) is 32.8. The van der Waals surface area contributed by atoms with Crippen LogP contribution in [0.3, 0.4) is 0 Å². The maximum absolute atomic E-state index is 13.9. The Bertz CT molecular complexity index is 1540. The van der Waals surface area contributed by atoms with E-state index in [1.165, 1.54) is 0 Å². The second-order valence-corrected chi connectivity index (χ2v) is 12.7. The lowest BCUT2D eigenvalue weighted by molar-refractivity contribution is -0.0516. The molecule has 0 N–H and O–H groups in total. The van der Waals surface area contributed by atoms with Crippen LogP contribution in [-0.2, 0) is 25.8 Å². The molecule has 3 aliphatic rings. The van der Waals surface area contributed by atoms with Gasteiger partial charge in [-0.2, -0.15) is 0 Å². The second-order valence-electron chi connectivity index (χ2n) is 10.1. The van der Waals surface area contributed by atoms with Gasteiger partial charge in [0, 0.05) is 5.92 Å². The number of benzene rings is 4. The van der Waals surface area contributed by atoms with Gasteiger partial charge < -0.3 is 4.74 Å². The quantitative estimate of drug-likeness (QED) is 0.400. The Morgan fingerprint density at radius 2 is 1.12 bits per heavy atom. The standard InChI is InChI=1S/C29H24O3S/c1-27(2)25-26(33(27,30)31)29(22-15-7-4-8-16-22)24-18-20-12-10-9-11-19(20)17-23(24)28(25,32-29)21-13-5-3-6-14-21/h3-18,25-26H,1-2H3/t25-,26-,28-,29-/m0/s1. The smallest absolute Gasteiger partial charge is 0.162 e. The van der Waals surface area contributed by atoms with Gasteiger partial charge in [-0.05, 0) is 59.0 Å². The normalized spacial score (nSPS) is 32.2. The fourth-order valence-corrected chi connectivity index (χ4v) is 9.66. The van der Waals surface area contributed by atoms with Crippen LogP contribution in [0.4, 0.5) is 0 Å². The van der Waals surface area contributed by atoms with Crippen LogP contribution < -0.4 is 0 Å². The molecule has 0 saturated carbocycles. The van der Waals surface area contributed by atoms with Crippen molar-refractivity contribution in [3.05, 3.63) is 119 Å². The first-order valence-electron chi connectivity index (χ1n) is 11.4. The predicted molar refractivity (Wildman–Crippen MR) is 130 cm³/mol. The molecule has 3 heterocycles. The number of hydrogen-bond acceptors (Lipinski definition) is 3. The van der Waals surface area contributed by atoms with Gasteiger partial charge in [0.25, 0.3) is 0 Å². The van der Waals surface area contributed by atoms with Crippen molar-refractivity contribution >= 4 is 20.6 Å². The molecule has 4 aromatic rings. The van der Waals surface area contributed by atoms with Gasteiger partial charge in [0.05, 0.1) is 4.75 Å². The highest BCUT2D eigenvalue weighted by atomic mass is 32.2. The van der Waals surface area contributed by atoms with Gasteiger partial charge in [-0.1, -0.05) is 84.9 Å². The summed E-state index contributed by atoms with van der Waals surface area (Å²) in [5, 5.41) is 1.61. The molecule has 2 fully saturated rings. The van der Waals surface area contributed by atoms with Gasteiger partial charge in [0.2, 0.25) is 0 Å². The second kappa shape index (κ2) is 5.94. The van der Waals surface area contributed by atoms with Gasteiger partial charge in [0.15, 0.2) is 9.84 Å². The molecule has 3 aliphatic heterocycles. The van der Waals surface area contributed by atoms with Gasteiger partial charge in [-0.25, -0.2) is 8.42 Å². The van der Waals surface area contributed by atoms with Crippen LogP contribution in [0.1, 0.15) is 36.1 Å². The minimum absolute atomic E-state index is 0.189. The highest BCUT2D eigenvalue weighted by Crippen LogP contribution is 2.75. The molecule has 4 aromatic carbocycles. The molecule has 0 amide bonds. The number of rotatable bonds is 2. The van der Waals surface area contributed by atoms with Crippen molar-refractivity contribution in [2.75, 3.05) is 0 Å². The highest BCUT2D eigenvalue weighted by molar-refractivity contribution is 7.95. The van der Waals surface area contributed by atoms with Crippen LogP contribution in [0.2, 0.25) is 0 Å². The van der Waals surface area contributed by atoms with Crippen molar-refractivity contribution in [3.8, 4) is 0 Å². The zero-order valence-electron chi connectivity index (χ0n) is 18.5. The van der Waals surface area contributed by atoms with E-state index < -0.39 is 31.0 Å². The molecule has 7 rings (SSSR count). The van der Waals surface area contributed by atoms with Gasteiger partial charge in [-0.3, -0.25) is 0 Å².